The molecule has 1 aromatic heterocycles. The van der Waals surface area contributed by atoms with E-state index in [9.17, 15) is 4.79 Å². The predicted molar refractivity (Wildman–Crippen MR) is 89.8 cm³/mol. The summed E-state index contributed by atoms with van der Waals surface area (Å²) in [5.74, 6) is 0. The first kappa shape index (κ1) is 15.2. The summed E-state index contributed by atoms with van der Waals surface area (Å²) < 4.78 is 7.62. The molecule has 0 saturated carbocycles. The predicted octanol–water partition coefficient (Wildman–Crippen LogP) is 2.97. The molecule has 0 bridgehead atoms. The van der Waals surface area contributed by atoms with Gasteiger partial charge in [-0.15, -0.1) is 0 Å². The number of rotatable bonds is 2. The minimum Gasteiger partial charge on any atom is -0.458 e. The number of thiol groups is 1. The summed E-state index contributed by atoms with van der Waals surface area (Å²) in [6, 6.07) is 10.3. The van der Waals surface area contributed by atoms with Gasteiger partial charge in [0.25, 0.3) is 11.6 Å². The van der Waals surface area contributed by atoms with E-state index in [0.29, 0.717) is 12.6 Å². The largest absolute Gasteiger partial charge is 0.458 e. The van der Waals surface area contributed by atoms with Crippen LogP contribution >= 0.6 is 12.6 Å². The van der Waals surface area contributed by atoms with E-state index in [4.69, 9.17) is 17.4 Å². The van der Waals surface area contributed by atoms with Crippen molar-refractivity contribution in [3.8, 4) is 6.01 Å². The van der Waals surface area contributed by atoms with Crippen LogP contribution in [0.2, 0.25) is 0 Å². The third-order valence-corrected chi connectivity index (χ3v) is 4.58. The average molecular weight is 316 g/mol. The minimum atomic E-state index is -0.280. The first-order valence-electron chi connectivity index (χ1n) is 7.37. The van der Waals surface area contributed by atoms with Gasteiger partial charge in [-0.3, -0.25) is 9.36 Å². The minimum absolute atomic E-state index is 0.0641. The molecule has 22 heavy (non-hydrogen) atoms. The highest BCUT2D eigenvalue weighted by atomic mass is 32.1. The highest BCUT2D eigenvalue weighted by Gasteiger charge is 2.30. The zero-order valence-electron chi connectivity index (χ0n) is 13.0. The highest BCUT2D eigenvalue weighted by Crippen LogP contribution is 2.33. The molecule has 0 amide bonds. The van der Waals surface area contributed by atoms with Crippen molar-refractivity contribution in [3.05, 3.63) is 58.0 Å². The zero-order valence-corrected chi connectivity index (χ0v) is 13.9. The molecule has 3 rings (SSSR count). The van der Waals surface area contributed by atoms with E-state index in [1.807, 2.05) is 4.57 Å². The molecule has 4 nitrogen and oxygen atoms in total. The molecule has 0 fully saturated rings. The molecule has 0 aliphatic carbocycles. The first-order valence-corrected chi connectivity index (χ1v) is 7.89. The van der Waals surface area contributed by atoms with Gasteiger partial charge in [0.1, 0.15) is 6.10 Å². The lowest BCUT2D eigenvalue weighted by molar-refractivity contribution is 0.222. The number of aromatic nitrogens is 2. The molecule has 1 aromatic carbocycles. The molecule has 2 unspecified atom stereocenters. The molecular weight excluding hydrogens is 296 g/mol. The van der Waals surface area contributed by atoms with Crippen LogP contribution < -0.4 is 10.3 Å². The number of benzene rings is 1. The van der Waals surface area contributed by atoms with E-state index >= 15 is 0 Å². The highest BCUT2D eigenvalue weighted by molar-refractivity contribution is 7.80. The van der Waals surface area contributed by atoms with E-state index in [1.54, 1.807) is 6.20 Å². The number of hydrogen-bond donors (Lipinski definition) is 1. The van der Waals surface area contributed by atoms with Gasteiger partial charge in [0.15, 0.2) is 0 Å². The van der Waals surface area contributed by atoms with Gasteiger partial charge in [0, 0.05) is 12.3 Å². The molecule has 1 aliphatic heterocycles. The Kier molecular flexibility index (Phi) is 3.77. The topological polar surface area (TPSA) is 44.1 Å². The lowest BCUT2D eigenvalue weighted by Gasteiger charge is -2.21. The summed E-state index contributed by atoms with van der Waals surface area (Å²) in [4.78, 5) is 15.2. The summed E-state index contributed by atoms with van der Waals surface area (Å²) in [7, 11) is 0. The van der Waals surface area contributed by atoms with Crippen LogP contribution in [0.3, 0.4) is 0 Å². The van der Waals surface area contributed by atoms with Crippen molar-refractivity contribution < 1.29 is 4.74 Å². The molecule has 0 saturated heterocycles. The van der Waals surface area contributed by atoms with Crippen LogP contribution in [0.5, 0.6) is 6.01 Å². The fraction of sp³-hybridized carbons (Fsp3) is 0.412. The maximum atomic E-state index is 11.3. The molecular formula is C17H20N2O2S. The number of nitrogens with zero attached hydrogens (tertiary/aromatic N) is 2. The van der Waals surface area contributed by atoms with Gasteiger partial charge < -0.3 is 4.74 Å². The maximum Gasteiger partial charge on any atom is 0.300 e. The first-order chi connectivity index (χ1) is 10.3. The summed E-state index contributed by atoms with van der Waals surface area (Å²) in [6.07, 6.45) is 1.59. The maximum absolute atomic E-state index is 11.3. The van der Waals surface area contributed by atoms with Gasteiger partial charge in [-0.05, 0) is 16.5 Å². The van der Waals surface area contributed by atoms with Crippen molar-refractivity contribution in [1.82, 2.24) is 9.55 Å². The number of fused-ring (bicyclic) bond motifs is 1. The normalized spacial score (nSPS) is 18.6. The van der Waals surface area contributed by atoms with Gasteiger partial charge in [0.2, 0.25) is 0 Å². The second-order valence-corrected chi connectivity index (χ2v) is 7.23. The molecule has 0 radical (unpaired) electrons. The van der Waals surface area contributed by atoms with Crippen molar-refractivity contribution >= 4 is 12.6 Å². The van der Waals surface area contributed by atoms with Crippen molar-refractivity contribution in [2.75, 3.05) is 0 Å². The Bertz CT molecular complexity index is 732. The van der Waals surface area contributed by atoms with Crippen LogP contribution in [0.4, 0.5) is 0 Å². The molecule has 5 heteroatoms. The molecule has 2 atom stereocenters. The summed E-state index contributed by atoms with van der Waals surface area (Å²) in [5.41, 5.74) is 2.25. The van der Waals surface area contributed by atoms with Crippen LogP contribution in [0, 0.1) is 0 Å². The monoisotopic (exact) mass is 316 g/mol. The molecule has 2 aromatic rings. The van der Waals surface area contributed by atoms with E-state index in [2.05, 4.69) is 50.0 Å². The zero-order chi connectivity index (χ0) is 15.9. The fourth-order valence-electron chi connectivity index (χ4n) is 2.57. The smallest absolute Gasteiger partial charge is 0.300 e. The van der Waals surface area contributed by atoms with Gasteiger partial charge in [-0.2, -0.15) is 17.6 Å². The van der Waals surface area contributed by atoms with Crippen LogP contribution in [0.25, 0.3) is 0 Å². The van der Waals surface area contributed by atoms with Gasteiger partial charge >= 0.3 is 0 Å². The van der Waals surface area contributed by atoms with E-state index in [1.165, 1.54) is 11.6 Å². The van der Waals surface area contributed by atoms with Crippen molar-refractivity contribution in [1.29, 1.82) is 0 Å². The van der Waals surface area contributed by atoms with Crippen molar-refractivity contribution in [2.45, 2.75) is 44.1 Å². The van der Waals surface area contributed by atoms with Crippen molar-refractivity contribution in [3.63, 3.8) is 0 Å². The Balaban J connectivity index is 1.78. The van der Waals surface area contributed by atoms with E-state index < -0.39 is 0 Å². The molecule has 1 aliphatic rings. The molecule has 116 valence electrons. The Morgan fingerprint density at radius 1 is 1.27 bits per heavy atom. The second kappa shape index (κ2) is 5.47. The lowest BCUT2D eigenvalue weighted by atomic mass is 9.86. The van der Waals surface area contributed by atoms with E-state index in [0.717, 1.165) is 5.56 Å². The van der Waals surface area contributed by atoms with Crippen molar-refractivity contribution in [2.24, 2.45) is 0 Å². The van der Waals surface area contributed by atoms with Gasteiger partial charge in [0.05, 0.1) is 11.8 Å². The fourth-order valence-corrected chi connectivity index (χ4v) is 2.90. The quantitative estimate of drug-likeness (QED) is 0.866. The second-order valence-electron chi connectivity index (χ2n) is 6.67. The standard InChI is InChI=1S/C17H20N2O2S/c1-17(2,3)12-6-4-11(5-7-12)15(22)13-10-19-9-8-14(20)18-16(19)21-13/h4-9,13,15,22H,10H2,1-3H3. The van der Waals surface area contributed by atoms with Crippen LogP contribution in [-0.2, 0) is 12.0 Å². The van der Waals surface area contributed by atoms with Crippen LogP contribution in [0.15, 0.2) is 41.3 Å². The number of hydrogen-bond acceptors (Lipinski definition) is 4. The molecule has 0 N–H and O–H groups in total. The Morgan fingerprint density at radius 2 is 1.95 bits per heavy atom. The SMILES string of the molecule is CC(C)(C)c1ccc(C(S)C2Cn3ccc(=O)nc3O2)cc1. The molecule has 0 spiro atoms. The Hall–Kier alpha value is -1.75. The summed E-state index contributed by atoms with van der Waals surface area (Å²) >= 11 is 4.71. The van der Waals surface area contributed by atoms with Gasteiger partial charge in [-0.25, -0.2) is 0 Å². The Labute approximate surface area is 135 Å². The Morgan fingerprint density at radius 3 is 2.59 bits per heavy atom. The third-order valence-electron chi connectivity index (χ3n) is 3.95. The number of ether oxygens (including phenoxy) is 1. The van der Waals surface area contributed by atoms with Gasteiger partial charge in [-0.1, -0.05) is 45.0 Å². The lowest BCUT2D eigenvalue weighted by Crippen LogP contribution is -2.20. The summed E-state index contributed by atoms with van der Waals surface area (Å²) in [6.45, 7) is 7.23. The van der Waals surface area contributed by atoms with E-state index in [-0.39, 0.29) is 22.3 Å². The third kappa shape index (κ3) is 2.90. The molecule has 2 heterocycles. The van der Waals surface area contributed by atoms with Crippen LogP contribution in [0.1, 0.15) is 37.1 Å². The van der Waals surface area contributed by atoms with Crippen LogP contribution in [-0.4, -0.2) is 15.7 Å². The summed E-state index contributed by atoms with van der Waals surface area (Å²) in [5, 5.41) is -0.0641. The average Bonchev–Trinajstić information content (AvgIpc) is 2.88.